The van der Waals surface area contributed by atoms with Crippen LogP contribution in [0.5, 0.6) is 0 Å². The maximum Gasteiger partial charge on any atom is 0.243 e. The Hall–Kier alpha value is -1.97. The van der Waals surface area contributed by atoms with Gasteiger partial charge in [-0.05, 0) is 44.2 Å². The van der Waals surface area contributed by atoms with Crippen LogP contribution in [0.25, 0.3) is 0 Å². The van der Waals surface area contributed by atoms with Crippen molar-refractivity contribution in [1.29, 1.82) is 0 Å². The Balaban J connectivity index is 1.98. The van der Waals surface area contributed by atoms with Gasteiger partial charge in [0.1, 0.15) is 10.9 Å². The maximum absolute atomic E-state index is 12.5. The minimum absolute atomic E-state index is 0.187. The lowest BCUT2D eigenvalue weighted by Gasteiger charge is -2.18. The van der Waals surface area contributed by atoms with Crippen molar-refractivity contribution in [2.75, 3.05) is 24.2 Å². The number of carbonyl (C=O) groups is 1. The molecule has 1 aromatic heterocycles. The van der Waals surface area contributed by atoms with Gasteiger partial charge in [0.2, 0.25) is 15.9 Å². The van der Waals surface area contributed by atoms with E-state index >= 15 is 0 Å². The zero-order valence-corrected chi connectivity index (χ0v) is 17.5. The van der Waals surface area contributed by atoms with E-state index in [4.69, 9.17) is 0 Å². The molecule has 1 N–H and O–H groups in total. The Bertz CT molecular complexity index is 875. The smallest absolute Gasteiger partial charge is 0.243 e. The van der Waals surface area contributed by atoms with Crippen molar-refractivity contribution in [2.45, 2.75) is 37.6 Å². The lowest BCUT2D eigenvalue weighted by Crippen LogP contribution is -2.30. The van der Waals surface area contributed by atoms with E-state index in [2.05, 4.69) is 15.3 Å². The molecule has 1 aromatic carbocycles. The highest BCUT2D eigenvalue weighted by Gasteiger charge is 2.21. The monoisotopic (exact) mass is 408 g/mol. The Morgan fingerprint density at radius 1 is 1.11 bits per heavy atom. The topological polar surface area (TPSA) is 92.3 Å². The molecule has 2 rings (SSSR count). The highest BCUT2D eigenvalue weighted by Crippen LogP contribution is 2.20. The number of nitrogens with zero attached hydrogens (tertiary/aromatic N) is 3. The molecule has 1 heterocycles. The molecule has 2 aromatic rings. The van der Waals surface area contributed by atoms with Crippen LogP contribution in [0.15, 0.2) is 40.3 Å². The molecule has 1 amide bonds. The number of nitrogens with one attached hydrogen (secondary N) is 1. The summed E-state index contributed by atoms with van der Waals surface area (Å²) in [5, 5.41) is 3.51. The first-order chi connectivity index (χ1) is 12.8. The summed E-state index contributed by atoms with van der Waals surface area (Å²) in [4.78, 5) is 20.8. The van der Waals surface area contributed by atoms with Crippen molar-refractivity contribution < 1.29 is 13.2 Å². The predicted molar refractivity (Wildman–Crippen MR) is 107 cm³/mol. The summed E-state index contributed by atoms with van der Waals surface area (Å²) in [6.45, 7) is 8.12. The SMILES string of the molecule is CCN(CC)S(=O)(=O)c1ccc(NC(=O)CSc2cc(C)nc(C)n2)cc1. The van der Waals surface area contributed by atoms with Gasteiger partial charge in [0, 0.05) is 24.5 Å². The van der Waals surface area contributed by atoms with Gasteiger partial charge in [-0.2, -0.15) is 4.31 Å². The quantitative estimate of drug-likeness (QED) is 0.533. The molecule has 0 aliphatic rings. The average molecular weight is 409 g/mol. The van der Waals surface area contributed by atoms with E-state index in [9.17, 15) is 13.2 Å². The Morgan fingerprint density at radius 2 is 1.74 bits per heavy atom. The number of rotatable bonds is 8. The molecule has 0 aliphatic carbocycles. The lowest BCUT2D eigenvalue weighted by atomic mass is 10.3. The lowest BCUT2D eigenvalue weighted by molar-refractivity contribution is -0.113. The number of benzene rings is 1. The van der Waals surface area contributed by atoms with Gasteiger partial charge in [-0.25, -0.2) is 18.4 Å². The highest BCUT2D eigenvalue weighted by molar-refractivity contribution is 7.99. The van der Waals surface area contributed by atoms with E-state index in [0.717, 1.165) is 10.7 Å². The molecule has 0 spiro atoms. The number of thioether (sulfide) groups is 1. The van der Waals surface area contributed by atoms with E-state index in [-0.39, 0.29) is 16.6 Å². The minimum Gasteiger partial charge on any atom is -0.325 e. The van der Waals surface area contributed by atoms with Gasteiger partial charge in [-0.3, -0.25) is 4.79 Å². The number of amides is 1. The van der Waals surface area contributed by atoms with Crippen molar-refractivity contribution in [1.82, 2.24) is 14.3 Å². The van der Waals surface area contributed by atoms with E-state index < -0.39 is 10.0 Å². The maximum atomic E-state index is 12.5. The zero-order valence-electron chi connectivity index (χ0n) is 15.9. The molecule has 27 heavy (non-hydrogen) atoms. The fourth-order valence-corrected chi connectivity index (χ4v) is 4.78. The molecule has 0 unspecified atom stereocenters. The number of anilines is 1. The first kappa shape index (κ1) is 21.3. The number of sulfonamides is 1. The minimum atomic E-state index is -3.50. The van der Waals surface area contributed by atoms with Crippen molar-refractivity contribution in [3.8, 4) is 0 Å². The van der Waals surface area contributed by atoms with Gasteiger partial charge in [0.05, 0.1) is 10.6 Å². The normalized spacial score (nSPS) is 11.6. The molecule has 0 saturated heterocycles. The molecule has 0 saturated carbocycles. The van der Waals surface area contributed by atoms with E-state index in [1.54, 1.807) is 26.0 Å². The summed E-state index contributed by atoms with van der Waals surface area (Å²) in [6, 6.07) is 8.04. The summed E-state index contributed by atoms with van der Waals surface area (Å²) in [7, 11) is -3.50. The third-order valence-corrected chi connectivity index (χ3v) is 6.75. The van der Waals surface area contributed by atoms with Crippen molar-refractivity contribution in [2.24, 2.45) is 0 Å². The molecular formula is C18H24N4O3S2. The van der Waals surface area contributed by atoms with Crippen molar-refractivity contribution in [3.05, 3.63) is 41.9 Å². The van der Waals surface area contributed by atoms with Crippen LogP contribution in [-0.2, 0) is 14.8 Å². The van der Waals surface area contributed by atoms with E-state index in [1.165, 1.54) is 28.2 Å². The average Bonchev–Trinajstić information content (AvgIpc) is 2.60. The van der Waals surface area contributed by atoms with Gasteiger partial charge in [0.15, 0.2) is 0 Å². The molecule has 7 nitrogen and oxygen atoms in total. The van der Waals surface area contributed by atoms with Gasteiger partial charge in [-0.1, -0.05) is 25.6 Å². The zero-order chi connectivity index (χ0) is 20.0. The number of carbonyl (C=O) groups excluding carboxylic acids is 1. The van der Waals surface area contributed by atoms with Crippen LogP contribution in [0.3, 0.4) is 0 Å². The van der Waals surface area contributed by atoms with Crippen LogP contribution >= 0.6 is 11.8 Å². The second-order valence-corrected chi connectivity index (χ2v) is 8.78. The highest BCUT2D eigenvalue weighted by atomic mass is 32.2. The first-order valence-electron chi connectivity index (χ1n) is 8.61. The second-order valence-electron chi connectivity index (χ2n) is 5.85. The van der Waals surface area contributed by atoms with Crippen LogP contribution in [0.1, 0.15) is 25.4 Å². The van der Waals surface area contributed by atoms with Crippen LogP contribution in [-0.4, -0.2) is 47.4 Å². The fourth-order valence-electron chi connectivity index (χ4n) is 2.52. The Kier molecular flexibility index (Phi) is 7.34. The summed E-state index contributed by atoms with van der Waals surface area (Å²) in [5.74, 6) is 0.686. The Morgan fingerprint density at radius 3 is 2.30 bits per heavy atom. The summed E-state index contributed by atoms with van der Waals surface area (Å²) in [6.07, 6.45) is 0. The van der Waals surface area contributed by atoms with Gasteiger partial charge in [0.25, 0.3) is 0 Å². The van der Waals surface area contributed by atoms with Crippen LogP contribution in [0.2, 0.25) is 0 Å². The Labute approximate surface area is 164 Å². The van der Waals surface area contributed by atoms with Crippen molar-refractivity contribution >= 4 is 33.4 Å². The molecule has 0 radical (unpaired) electrons. The third-order valence-electron chi connectivity index (χ3n) is 3.77. The predicted octanol–water partition coefficient (Wildman–Crippen LogP) is 2.85. The number of hydrogen-bond donors (Lipinski definition) is 1. The molecule has 0 bridgehead atoms. The third kappa shape index (κ3) is 5.75. The number of aromatic nitrogens is 2. The molecule has 0 fully saturated rings. The number of hydrogen-bond acceptors (Lipinski definition) is 6. The summed E-state index contributed by atoms with van der Waals surface area (Å²) >= 11 is 1.33. The van der Waals surface area contributed by atoms with Gasteiger partial charge >= 0.3 is 0 Å². The van der Waals surface area contributed by atoms with Crippen molar-refractivity contribution in [3.63, 3.8) is 0 Å². The van der Waals surface area contributed by atoms with E-state index in [1.807, 2.05) is 19.9 Å². The molecular weight excluding hydrogens is 384 g/mol. The first-order valence-corrected chi connectivity index (χ1v) is 11.0. The number of aryl methyl sites for hydroxylation is 2. The molecule has 0 atom stereocenters. The standard InChI is InChI=1S/C18H24N4O3S2/c1-5-22(6-2)27(24,25)16-9-7-15(8-10-16)21-17(23)12-26-18-11-13(3)19-14(4)20-18/h7-11H,5-6,12H2,1-4H3,(H,21,23). The fraction of sp³-hybridized carbons (Fsp3) is 0.389. The van der Waals surface area contributed by atoms with Crippen LogP contribution in [0.4, 0.5) is 5.69 Å². The summed E-state index contributed by atoms with van der Waals surface area (Å²) in [5.41, 5.74) is 1.41. The van der Waals surface area contributed by atoms with Gasteiger partial charge < -0.3 is 5.32 Å². The molecule has 0 aliphatic heterocycles. The van der Waals surface area contributed by atoms with Crippen LogP contribution < -0.4 is 5.32 Å². The van der Waals surface area contributed by atoms with E-state index in [0.29, 0.717) is 24.6 Å². The molecule has 9 heteroatoms. The second kappa shape index (κ2) is 9.29. The van der Waals surface area contributed by atoms with Gasteiger partial charge in [-0.15, -0.1) is 0 Å². The van der Waals surface area contributed by atoms with Crippen LogP contribution in [0, 0.1) is 13.8 Å². The summed E-state index contributed by atoms with van der Waals surface area (Å²) < 4.78 is 26.3. The molecule has 146 valence electrons. The largest absolute Gasteiger partial charge is 0.325 e.